The second-order valence-electron chi connectivity index (χ2n) is 4.37. The summed E-state index contributed by atoms with van der Waals surface area (Å²) in [7, 11) is 0. The quantitative estimate of drug-likeness (QED) is 0.899. The van der Waals surface area contributed by atoms with Crippen LogP contribution in [0.4, 0.5) is 0 Å². The third kappa shape index (κ3) is 2.57. The fourth-order valence-corrected chi connectivity index (χ4v) is 1.96. The molecule has 0 fully saturated rings. The summed E-state index contributed by atoms with van der Waals surface area (Å²) in [5, 5.41) is 10.4. The molecule has 3 heteroatoms. The van der Waals surface area contributed by atoms with E-state index < -0.39 is 6.10 Å². The molecule has 0 aliphatic heterocycles. The number of benzene rings is 1. The SMILES string of the molecule is CCOc1ccc(C)cc1C(O)c1coc(C)c1. The molecule has 0 radical (unpaired) electrons. The monoisotopic (exact) mass is 246 g/mol. The van der Waals surface area contributed by atoms with Gasteiger partial charge in [0.2, 0.25) is 0 Å². The zero-order valence-electron chi connectivity index (χ0n) is 10.9. The molecule has 2 rings (SSSR count). The lowest BCUT2D eigenvalue weighted by atomic mass is 10.0. The third-order valence-corrected chi connectivity index (χ3v) is 2.83. The van der Waals surface area contributed by atoms with Gasteiger partial charge >= 0.3 is 0 Å². The van der Waals surface area contributed by atoms with Gasteiger partial charge in [0.25, 0.3) is 0 Å². The van der Waals surface area contributed by atoms with Gasteiger partial charge in [0, 0.05) is 11.1 Å². The Bertz CT molecular complexity index is 528. The molecule has 1 aromatic heterocycles. The highest BCUT2D eigenvalue weighted by Gasteiger charge is 2.17. The Balaban J connectivity index is 2.39. The molecule has 0 bridgehead atoms. The molecule has 0 saturated carbocycles. The van der Waals surface area contributed by atoms with Crippen molar-refractivity contribution in [2.75, 3.05) is 6.61 Å². The van der Waals surface area contributed by atoms with E-state index in [1.165, 1.54) is 0 Å². The molecule has 96 valence electrons. The average molecular weight is 246 g/mol. The summed E-state index contributed by atoms with van der Waals surface area (Å²) in [4.78, 5) is 0. The van der Waals surface area contributed by atoms with Crippen molar-refractivity contribution >= 4 is 0 Å². The number of rotatable bonds is 4. The van der Waals surface area contributed by atoms with E-state index >= 15 is 0 Å². The molecule has 1 atom stereocenters. The van der Waals surface area contributed by atoms with Crippen LogP contribution in [0.25, 0.3) is 0 Å². The minimum Gasteiger partial charge on any atom is -0.493 e. The Hall–Kier alpha value is -1.74. The Morgan fingerprint density at radius 3 is 2.67 bits per heavy atom. The minimum absolute atomic E-state index is 0.577. The topological polar surface area (TPSA) is 42.6 Å². The normalized spacial score (nSPS) is 12.4. The summed E-state index contributed by atoms with van der Waals surface area (Å²) in [6.45, 7) is 6.35. The smallest absolute Gasteiger partial charge is 0.125 e. The van der Waals surface area contributed by atoms with Gasteiger partial charge in [0.05, 0.1) is 12.9 Å². The summed E-state index contributed by atoms with van der Waals surface area (Å²) in [5.74, 6) is 1.50. The highest BCUT2D eigenvalue weighted by atomic mass is 16.5. The van der Waals surface area contributed by atoms with Crippen LogP contribution in [-0.4, -0.2) is 11.7 Å². The molecule has 1 N–H and O–H groups in total. The van der Waals surface area contributed by atoms with E-state index in [9.17, 15) is 5.11 Å². The van der Waals surface area contributed by atoms with Gasteiger partial charge in [-0.25, -0.2) is 0 Å². The summed E-state index contributed by atoms with van der Waals surface area (Å²) in [6, 6.07) is 7.65. The molecule has 2 aromatic rings. The van der Waals surface area contributed by atoms with Crippen LogP contribution < -0.4 is 4.74 Å². The van der Waals surface area contributed by atoms with Crippen molar-refractivity contribution in [3.63, 3.8) is 0 Å². The molecule has 0 spiro atoms. The van der Waals surface area contributed by atoms with Crippen molar-refractivity contribution in [3.8, 4) is 5.75 Å². The predicted octanol–water partition coefficient (Wildman–Crippen LogP) is 3.38. The van der Waals surface area contributed by atoms with Gasteiger partial charge < -0.3 is 14.3 Å². The van der Waals surface area contributed by atoms with Crippen LogP contribution in [0.3, 0.4) is 0 Å². The minimum atomic E-state index is -0.719. The largest absolute Gasteiger partial charge is 0.493 e. The maximum Gasteiger partial charge on any atom is 0.125 e. The van der Waals surface area contributed by atoms with Gasteiger partial charge in [-0.3, -0.25) is 0 Å². The van der Waals surface area contributed by atoms with Crippen LogP contribution >= 0.6 is 0 Å². The van der Waals surface area contributed by atoms with E-state index in [1.807, 2.05) is 45.0 Å². The van der Waals surface area contributed by atoms with Crippen molar-refractivity contribution in [2.24, 2.45) is 0 Å². The summed E-state index contributed by atoms with van der Waals surface area (Å²) in [5.41, 5.74) is 2.62. The first-order valence-electron chi connectivity index (χ1n) is 6.08. The second kappa shape index (κ2) is 5.27. The molecule has 1 unspecified atom stereocenters. The maximum absolute atomic E-state index is 10.4. The average Bonchev–Trinajstić information content (AvgIpc) is 2.77. The first-order chi connectivity index (χ1) is 8.61. The Labute approximate surface area is 107 Å². The third-order valence-electron chi connectivity index (χ3n) is 2.83. The van der Waals surface area contributed by atoms with Crippen LogP contribution in [0.2, 0.25) is 0 Å². The summed E-state index contributed by atoms with van der Waals surface area (Å²) < 4.78 is 10.8. The van der Waals surface area contributed by atoms with E-state index in [0.29, 0.717) is 6.61 Å². The predicted molar refractivity (Wildman–Crippen MR) is 69.9 cm³/mol. The highest BCUT2D eigenvalue weighted by molar-refractivity contribution is 5.42. The fourth-order valence-electron chi connectivity index (χ4n) is 1.96. The zero-order valence-corrected chi connectivity index (χ0v) is 10.9. The molecule has 18 heavy (non-hydrogen) atoms. The molecule has 1 aromatic carbocycles. The maximum atomic E-state index is 10.4. The lowest BCUT2D eigenvalue weighted by molar-refractivity contribution is 0.211. The van der Waals surface area contributed by atoms with Crippen LogP contribution in [0, 0.1) is 13.8 Å². The van der Waals surface area contributed by atoms with E-state index in [0.717, 1.165) is 28.2 Å². The standard InChI is InChI=1S/C15H18O3/c1-4-17-14-6-5-10(2)7-13(14)15(16)12-8-11(3)18-9-12/h5-9,15-16H,4H2,1-3H3. The van der Waals surface area contributed by atoms with E-state index in [2.05, 4.69) is 0 Å². The Morgan fingerprint density at radius 2 is 2.06 bits per heavy atom. The second-order valence-corrected chi connectivity index (χ2v) is 4.37. The molecule has 0 saturated heterocycles. The van der Waals surface area contributed by atoms with Gasteiger partial charge in [-0.15, -0.1) is 0 Å². The van der Waals surface area contributed by atoms with E-state index in [4.69, 9.17) is 9.15 Å². The summed E-state index contributed by atoms with van der Waals surface area (Å²) in [6.07, 6.45) is 0.863. The van der Waals surface area contributed by atoms with Crippen molar-refractivity contribution in [1.82, 2.24) is 0 Å². The van der Waals surface area contributed by atoms with Crippen molar-refractivity contribution in [1.29, 1.82) is 0 Å². The number of furan rings is 1. The lowest BCUT2D eigenvalue weighted by Gasteiger charge is -2.15. The molecule has 0 aliphatic carbocycles. The number of hydrogen-bond donors (Lipinski definition) is 1. The van der Waals surface area contributed by atoms with Crippen molar-refractivity contribution in [3.05, 3.63) is 53.0 Å². The number of aliphatic hydroxyl groups excluding tert-OH is 1. The van der Waals surface area contributed by atoms with Crippen molar-refractivity contribution < 1.29 is 14.3 Å². The number of ether oxygens (including phenoxy) is 1. The van der Waals surface area contributed by atoms with Crippen molar-refractivity contribution in [2.45, 2.75) is 26.9 Å². The Morgan fingerprint density at radius 1 is 1.28 bits per heavy atom. The van der Waals surface area contributed by atoms with Gasteiger partial charge in [0.15, 0.2) is 0 Å². The van der Waals surface area contributed by atoms with Gasteiger partial charge in [-0.2, -0.15) is 0 Å². The number of hydrogen-bond acceptors (Lipinski definition) is 3. The highest BCUT2D eigenvalue weighted by Crippen LogP contribution is 2.31. The first kappa shape index (κ1) is 12.7. The molecule has 3 nitrogen and oxygen atoms in total. The van der Waals surface area contributed by atoms with Gasteiger partial charge in [-0.1, -0.05) is 11.6 Å². The number of aliphatic hydroxyl groups is 1. The first-order valence-corrected chi connectivity index (χ1v) is 6.08. The Kier molecular flexibility index (Phi) is 3.72. The zero-order chi connectivity index (χ0) is 13.1. The summed E-state index contributed by atoms with van der Waals surface area (Å²) >= 11 is 0. The molecular weight excluding hydrogens is 228 g/mol. The van der Waals surface area contributed by atoms with Gasteiger partial charge in [-0.05, 0) is 39.0 Å². The lowest BCUT2D eigenvalue weighted by Crippen LogP contribution is -2.03. The number of aryl methyl sites for hydroxylation is 2. The van der Waals surface area contributed by atoms with Crippen LogP contribution in [-0.2, 0) is 0 Å². The molecular formula is C15H18O3. The molecule has 1 heterocycles. The van der Waals surface area contributed by atoms with E-state index in [-0.39, 0.29) is 0 Å². The van der Waals surface area contributed by atoms with Gasteiger partial charge in [0.1, 0.15) is 17.6 Å². The molecule has 0 amide bonds. The van der Waals surface area contributed by atoms with E-state index in [1.54, 1.807) is 6.26 Å². The van der Waals surface area contributed by atoms with Crippen LogP contribution in [0.1, 0.15) is 35.5 Å². The fraction of sp³-hybridized carbons (Fsp3) is 0.333. The van der Waals surface area contributed by atoms with Crippen LogP contribution in [0.5, 0.6) is 5.75 Å². The van der Waals surface area contributed by atoms with Crippen LogP contribution in [0.15, 0.2) is 34.9 Å². The molecule has 0 aliphatic rings.